The van der Waals surface area contributed by atoms with Gasteiger partial charge in [-0.3, -0.25) is 0 Å². The number of nitrogens with zero attached hydrogens (tertiary/aromatic N) is 8. The van der Waals surface area contributed by atoms with E-state index in [4.69, 9.17) is 39.9 Å². The first-order valence-corrected chi connectivity index (χ1v) is 23.0. The molecule has 0 saturated heterocycles. The van der Waals surface area contributed by atoms with Gasteiger partial charge in [-0.2, -0.15) is 0 Å². The Labute approximate surface area is 412 Å². The van der Waals surface area contributed by atoms with Crippen molar-refractivity contribution in [1.29, 1.82) is 0 Å². The number of halogens is 3. The van der Waals surface area contributed by atoms with Crippen LogP contribution in [-0.4, -0.2) is 29.9 Å². The summed E-state index contributed by atoms with van der Waals surface area (Å²) < 4.78 is 49.3. The van der Waals surface area contributed by atoms with E-state index in [-0.39, 0.29) is 62.5 Å². The Morgan fingerprint density at radius 3 is 1.03 bits per heavy atom. The molecule has 8 bridgehead atoms. The molecule has 0 fully saturated rings. The number of benzene rings is 4. The predicted octanol–water partition coefficient (Wildman–Crippen LogP) is 13.8. The van der Waals surface area contributed by atoms with Gasteiger partial charge in [0, 0.05) is 56.0 Å². The summed E-state index contributed by atoms with van der Waals surface area (Å²) in [6, 6.07) is 27.7. The van der Waals surface area contributed by atoms with Crippen molar-refractivity contribution in [2.45, 2.75) is 101 Å². The van der Waals surface area contributed by atoms with E-state index in [1.54, 1.807) is 54.6 Å². The Hall–Kier alpha value is -6.49. The molecule has 12 heteroatoms. The van der Waals surface area contributed by atoms with Crippen LogP contribution in [0.4, 0.5) is 13.2 Å². The Morgan fingerprint density at radius 1 is 0.362 bits per heavy atom. The summed E-state index contributed by atoms with van der Waals surface area (Å²) in [5.41, 5.74) is 5.77. The topological polar surface area (TPSA) is 106 Å². The molecule has 8 nitrogen and oxygen atoms in total. The molecule has 69 heavy (non-hydrogen) atoms. The maximum absolute atomic E-state index is 16.4. The van der Waals surface area contributed by atoms with Gasteiger partial charge in [0.15, 0.2) is 0 Å². The SMILES string of the molecule is Cc1ccccc1-c1c(C(C)(C)C)c2nc3nc(nc4[n-]c(nc5nc(nc1[n-]2)C(C(C)(C)C)=C5c1ccccc1F)c(C(C)(C)C)c4-c1ccccc1F)C(C(C)(C)C)=C3c1ccccc1F.[Cu+2]. The zero-order chi connectivity index (χ0) is 48.8. The van der Waals surface area contributed by atoms with Crippen molar-refractivity contribution in [2.24, 2.45) is 10.8 Å². The molecule has 0 amide bonds. The Balaban J connectivity index is 0.00000642. The third-order valence-electron chi connectivity index (χ3n) is 12.3. The monoisotopic (exact) mass is 971 g/mol. The van der Waals surface area contributed by atoms with Crippen LogP contribution >= 0.6 is 0 Å². The van der Waals surface area contributed by atoms with E-state index in [1.165, 1.54) is 18.2 Å². The number of hydrogen-bond donors (Lipinski definition) is 0. The van der Waals surface area contributed by atoms with E-state index in [1.807, 2.05) is 93.5 Å². The zero-order valence-corrected chi connectivity index (χ0v) is 42.2. The first-order valence-electron chi connectivity index (χ1n) is 23.0. The van der Waals surface area contributed by atoms with E-state index in [2.05, 4.69) is 20.8 Å². The second kappa shape index (κ2) is 17.5. The molecule has 2 aliphatic rings. The molecule has 0 unspecified atom stereocenters. The molecule has 0 saturated carbocycles. The average molecular weight is 973 g/mol. The van der Waals surface area contributed by atoms with Crippen molar-refractivity contribution < 1.29 is 30.2 Å². The van der Waals surface area contributed by atoms with E-state index in [0.717, 1.165) is 22.3 Å². The molecule has 355 valence electrons. The molecule has 9 rings (SSSR count). The molecule has 4 aromatic carbocycles. The predicted molar refractivity (Wildman–Crippen MR) is 267 cm³/mol. The van der Waals surface area contributed by atoms with Crippen LogP contribution in [0.1, 0.15) is 134 Å². The minimum Gasteiger partial charge on any atom is -0.357 e. The minimum absolute atomic E-state index is 0. The van der Waals surface area contributed by atoms with Crippen LogP contribution < -0.4 is 9.97 Å². The molecular weight excluding hydrogens is 917 g/mol. The van der Waals surface area contributed by atoms with Crippen LogP contribution in [-0.2, 0) is 27.9 Å². The number of allylic oxidation sites excluding steroid dienone is 2. The van der Waals surface area contributed by atoms with Gasteiger partial charge in [0.05, 0.1) is 23.3 Å². The van der Waals surface area contributed by atoms with Gasteiger partial charge >= 0.3 is 17.1 Å². The summed E-state index contributed by atoms with van der Waals surface area (Å²) in [4.78, 5) is 42.3. The molecule has 0 spiro atoms. The van der Waals surface area contributed by atoms with E-state index in [0.29, 0.717) is 50.5 Å². The third kappa shape index (κ3) is 8.78. The quantitative estimate of drug-likeness (QED) is 0.161. The molecular formula is C57H55CuF3N8. The second-order valence-corrected chi connectivity index (χ2v) is 21.7. The zero-order valence-electron chi connectivity index (χ0n) is 41.3. The maximum atomic E-state index is 16.4. The molecule has 5 heterocycles. The van der Waals surface area contributed by atoms with Gasteiger partial charge in [-0.25, -0.2) is 23.1 Å². The van der Waals surface area contributed by atoms with Gasteiger partial charge < -0.3 is 29.9 Å². The first-order chi connectivity index (χ1) is 31.9. The van der Waals surface area contributed by atoms with Crippen LogP contribution in [0, 0.1) is 35.2 Å². The number of hydrogen-bond acceptors (Lipinski definition) is 6. The van der Waals surface area contributed by atoms with Gasteiger partial charge in [-0.1, -0.05) is 162 Å². The maximum Gasteiger partial charge on any atom is 2.00 e. The van der Waals surface area contributed by atoms with Crippen LogP contribution in [0.2, 0.25) is 0 Å². The summed E-state index contributed by atoms with van der Waals surface area (Å²) >= 11 is 0. The summed E-state index contributed by atoms with van der Waals surface area (Å²) in [6.07, 6.45) is 0. The van der Waals surface area contributed by atoms with Crippen LogP contribution in [0.25, 0.3) is 67.1 Å². The van der Waals surface area contributed by atoms with Crippen molar-refractivity contribution in [3.8, 4) is 22.3 Å². The van der Waals surface area contributed by atoms with Gasteiger partial charge in [-0.05, 0) is 85.7 Å². The van der Waals surface area contributed by atoms with E-state index < -0.39 is 39.1 Å². The third-order valence-corrected chi connectivity index (χ3v) is 12.3. The van der Waals surface area contributed by atoms with Gasteiger partial charge in [0.2, 0.25) is 0 Å². The molecule has 1 radical (unpaired) electrons. The summed E-state index contributed by atoms with van der Waals surface area (Å²) in [6.45, 7) is 26.5. The Kier molecular flexibility index (Phi) is 12.4. The molecule has 0 N–H and O–H groups in total. The standard InChI is InChI=1S/C57H55F3N8.Cu/c1-30-22-14-15-23-31(30)38-42(54(2,3)4)50-61-46(38)62-51-43(55(5,6)7)39(32-24-16-19-27-35(32)58)48(64-51)66-53-45(57(11,12)13)41(34-26-18-21-29-37(34)60)49(68-53)67-52-44(56(8,9)10)40(47(63-50)65-52)33-25-17-20-28-36(33)59;/h14-29H,1-13H3;/q-2;+2. The fraction of sp³-hybridized carbons (Fsp3) is 0.298. The van der Waals surface area contributed by atoms with Gasteiger partial charge in [0.1, 0.15) is 17.5 Å². The molecule has 7 aromatic rings. The van der Waals surface area contributed by atoms with Crippen molar-refractivity contribution in [3.05, 3.63) is 166 Å². The second-order valence-electron chi connectivity index (χ2n) is 21.7. The van der Waals surface area contributed by atoms with Crippen molar-refractivity contribution in [3.63, 3.8) is 0 Å². The largest absolute Gasteiger partial charge is 2.00 e. The van der Waals surface area contributed by atoms with Gasteiger partial charge in [-0.15, -0.1) is 0 Å². The normalized spacial score (nSPS) is 13.6. The molecule has 3 aromatic heterocycles. The minimum atomic E-state index is -0.711. The van der Waals surface area contributed by atoms with E-state index in [9.17, 15) is 0 Å². The smallest absolute Gasteiger partial charge is 0.357 e. The van der Waals surface area contributed by atoms with Crippen LogP contribution in [0.15, 0.2) is 97.1 Å². The van der Waals surface area contributed by atoms with Crippen molar-refractivity contribution >= 4 is 44.9 Å². The molecule has 0 atom stereocenters. The first kappa shape index (κ1) is 48.9. The Morgan fingerprint density at radius 2 is 0.681 bits per heavy atom. The average Bonchev–Trinajstić information content (AvgIpc) is 3.99. The summed E-state index contributed by atoms with van der Waals surface area (Å²) in [5, 5.41) is 0. The number of aryl methyl sites for hydroxylation is 1. The van der Waals surface area contributed by atoms with Crippen LogP contribution in [0.3, 0.4) is 0 Å². The Bertz CT molecular complexity index is 3210. The van der Waals surface area contributed by atoms with Crippen molar-refractivity contribution in [2.75, 3.05) is 0 Å². The number of aromatic nitrogens is 8. The molecule has 0 aliphatic carbocycles. The summed E-state index contributed by atoms with van der Waals surface area (Å²) in [5.74, 6) is -0.517. The van der Waals surface area contributed by atoms with Crippen LogP contribution in [0.5, 0.6) is 0 Å². The van der Waals surface area contributed by atoms with E-state index >= 15 is 13.2 Å². The fourth-order valence-corrected chi connectivity index (χ4v) is 9.50. The number of fused-ring (bicyclic) bond motifs is 8. The van der Waals surface area contributed by atoms with Gasteiger partial charge in [0.25, 0.3) is 0 Å². The number of rotatable bonds is 4. The summed E-state index contributed by atoms with van der Waals surface area (Å²) in [7, 11) is 0. The van der Waals surface area contributed by atoms with Crippen molar-refractivity contribution in [1.82, 2.24) is 39.9 Å². The fourth-order valence-electron chi connectivity index (χ4n) is 9.50. The molecule has 2 aliphatic heterocycles.